The zero-order chi connectivity index (χ0) is 22.5. The first kappa shape index (κ1) is 27.4. The molecule has 2 fully saturated rings. The lowest BCUT2D eigenvalue weighted by atomic mass is 9.90. The van der Waals surface area contributed by atoms with Crippen molar-refractivity contribution in [1.29, 1.82) is 0 Å². The van der Waals surface area contributed by atoms with Crippen molar-refractivity contribution in [3.05, 3.63) is 54.0 Å². The van der Waals surface area contributed by atoms with Gasteiger partial charge in [-0.15, -0.1) is 24.8 Å². The van der Waals surface area contributed by atoms with Crippen LogP contribution < -0.4 is 10.1 Å². The number of fused-ring (bicyclic) bond motifs is 1. The van der Waals surface area contributed by atoms with Gasteiger partial charge in [0.25, 0.3) is 0 Å². The standard InChI is InChI=1S/C15H21N3O2.C8H6N2O2.2ClH/c1-11(19)18-7-4-12(5-8-18)14-3-2-6-17-15(14)20-13-9-16-10-13;11-8(12)7-9-5-3-1-2-4-6(5)10-7;;/h2-3,6,12-13,16H,4-5,7-10H2,1H3;1-4H,(H,9,10)(H,11,12);2*1H. The van der Waals surface area contributed by atoms with E-state index in [9.17, 15) is 9.59 Å². The number of hydrogen-bond donors (Lipinski definition) is 3. The van der Waals surface area contributed by atoms with Crippen molar-refractivity contribution < 1.29 is 19.4 Å². The van der Waals surface area contributed by atoms with Crippen LogP contribution in [-0.2, 0) is 4.79 Å². The van der Waals surface area contributed by atoms with Crippen molar-refractivity contribution in [2.24, 2.45) is 0 Å². The number of imidazole rings is 1. The average molecular weight is 510 g/mol. The molecule has 11 heteroatoms. The van der Waals surface area contributed by atoms with Crippen LogP contribution in [0.1, 0.15) is 41.9 Å². The Kier molecular flexibility index (Phi) is 10.1. The summed E-state index contributed by atoms with van der Waals surface area (Å²) in [6.07, 6.45) is 4.02. The number of aromatic amines is 1. The summed E-state index contributed by atoms with van der Waals surface area (Å²) in [5, 5.41) is 11.8. The number of carbonyl (C=O) groups excluding carboxylic acids is 1. The largest absolute Gasteiger partial charge is 0.475 e. The second kappa shape index (κ2) is 12.5. The van der Waals surface area contributed by atoms with Crippen molar-refractivity contribution in [1.82, 2.24) is 25.2 Å². The van der Waals surface area contributed by atoms with Crippen LogP contribution in [0.25, 0.3) is 11.0 Å². The first-order chi connectivity index (χ1) is 15.5. The minimum absolute atomic E-state index is 0. The van der Waals surface area contributed by atoms with Crippen LogP contribution in [0.3, 0.4) is 0 Å². The first-order valence-electron chi connectivity index (χ1n) is 10.8. The molecule has 9 nitrogen and oxygen atoms in total. The fourth-order valence-electron chi connectivity index (χ4n) is 3.88. The molecular formula is C23H29Cl2N5O4. The molecule has 34 heavy (non-hydrogen) atoms. The van der Waals surface area contributed by atoms with Crippen LogP contribution in [0.5, 0.6) is 5.88 Å². The van der Waals surface area contributed by atoms with Crippen LogP contribution in [-0.4, -0.2) is 69.1 Å². The van der Waals surface area contributed by atoms with Gasteiger partial charge in [-0.2, -0.15) is 0 Å². The maximum Gasteiger partial charge on any atom is 0.371 e. The Morgan fingerprint density at radius 1 is 1.09 bits per heavy atom. The molecule has 5 rings (SSSR count). The topological polar surface area (TPSA) is 120 Å². The Hall–Kier alpha value is -2.88. The number of piperidine rings is 1. The van der Waals surface area contributed by atoms with E-state index in [-0.39, 0.29) is 42.6 Å². The molecule has 2 aromatic heterocycles. The minimum atomic E-state index is -1.04. The van der Waals surface area contributed by atoms with Gasteiger partial charge in [0.05, 0.1) is 11.0 Å². The molecule has 2 aliphatic rings. The maximum atomic E-state index is 11.4. The van der Waals surface area contributed by atoms with Gasteiger partial charge in [-0.3, -0.25) is 4.79 Å². The number of likely N-dealkylation sites (tertiary alicyclic amines) is 1. The lowest BCUT2D eigenvalue weighted by molar-refractivity contribution is -0.129. The number of carbonyl (C=O) groups is 2. The molecule has 2 saturated heterocycles. The Labute approximate surface area is 210 Å². The highest BCUT2D eigenvalue weighted by molar-refractivity contribution is 5.88. The Morgan fingerprint density at radius 3 is 2.38 bits per heavy atom. The van der Waals surface area contributed by atoms with E-state index in [1.54, 1.807) is 25.3 Å². The molecule has 0 radical (unpaired) electrons. The number of aromatic nitrogens is 3. The fraction of sp³-hybridized carbons (Fsp3) is 0.391. The Balaban J connectivity index is 0.000000252. The van der Waals surface area contributed by atoms with E-state index in [2.05, 4.69) is 26.3 Å². The van der Waals surface area contributed by atoms with Crippen molar-refractivity contribution in [3.8, 4) is 5.88 Å². The molecule has 4 heterocycles. The van der Waals surface area contributed by atoms with Crippen molar-refractivity contribution in [3.63, 3.8) is 0 Å². The normalized spacial score (nSPS) is 15.7. The Bertz CT molecular complexity index is 1060. The van der Waals surface area contributed by atoms with E-state index in [1.165, 1.54) is 5.56 Å². The molecule has 3 N–H and O–H groups in total. The third kappa shape index (κ3) is 6.59. The SMILES string of the molecule is CC(=O)N1CCC(c2cccnc2OC2CNC2)CC1.Cl.Cl.O=C(O)c1nc2ccccc2[nH]1. The summed E-state index contributed by atoms with van der Waals surface area (Å²) in [6, 6.07) is 11.3. The van der Waals surface area contributed by atoms with Crippen LogP contribution >= 0.6 is 24.8 Å². The monoisotopic (exact) mass is 509 g/mol. The minimum Gasteiger partial charge on any atom is -0.475 e. The maximum absolute atomic E-state index is 11.4. The van der Waals surface area contributed by atoms with Gasteiger partial charge in [0.15, 0.2) is 0 Å². The molecule has 0 saturated carbocycles. The number of aromatic carboxylic acids is 1. The van der Waals surface area contributed by atoms with E-state index in [4.69, 9.17) is 9.84 Å². The summed E-state index contributed by atoms with van der Waals surface area (Å²) in [7, 11) is 0. The van der Waals surface area contributed by atoms with E-state index >= 15 is 0 Å². The van der Waals surface area contributed by atoms with Crippen molar-refractivity contribution in [2.45, 2.75) is 31.8 Å². The molecule has 0 aliphatic carbocycles. The number of para-hydroxylation sites is 2. The van der Waals surface area contributed by atoms with Crippen LogP contribution in [0.4, 0.5) is 0 Å². The number of nitrogens with one attached hydrogen (secondary N) is 2. The number of carboxylic acids is 1. The summed E-state index contributed by atoms with van der Waals surface area (Å²) in [5.74, 6) is 0.344. The van der Waals surface area contributed by atoms with Gasteiger partial charge in [-0.25, -0.2) is 14.8 Å². The van der Waals surface area contributed by atoms with E-state index < -0.39 is 5.97 Å². The second-order valence-electron chi connectivity index (χ2n) is 7.98. The molecule has 184 valence electrons. The van der Waals surface area contributed by atoms with Gasteiger partial charge in [0, 0.05) is 44.9 Å². The molecule has 0 atom stereocenters. The summed E-state index contributed by atoms with van der Waals surface area (Å²) < 4.78 is 5.95. The van der Waals surface area contributed by atoms with Crippen molar-refractivity contribution in [2.75, 3.05) is 26.2 Å². The summed E-state index contributed by atoms with van der Waals surface area (Å²) in [4.78, 5) is 34.7. The van der Waals surface area contributed by atoms with Crippen LogP contribution in [0.2, 0.25) is 0 Å². The highest BCUT2D eigenvalue weighted by atomic mass is 35.5. The zero-order valence-electron chi connectivity index (χ0n) is 18.8. The number of nitrogens with zero attached hydrogens (tertiary/aromatic N) is 3. The molecule has 1 aromatic carbocycles. The predicted octanol–water partition coefficient (Wildman–Crippen LogP) is 3.26. The lowest BCUT2D eigenvalue weighted by Crippen LogP contribution is -2.50. The molecule has 1 amide bonds. The smallest absolute Gasteiger partial charge is 0.371 e. The van der Waals surface area contributed by atoms with Gasteiger partial charge < -0.3 is 25.0 Å². The summed E-state index contributed by atoms with van der Waals surface area (Å²) in [5.41, 5.74) is 2.62. The van der Waals surface area contributed by atoms with Gasteiger partial charge in [-0.05, 0) is 37.0 Å². The molecular weight excluding hydrogens is 481 g/mol. The third-order valence-electron chi connectivity index (χ3n) is 5.79. The van der Waals surface area contributed by atoms with Crippen LogP contribution in [0, 0.1) is 0 Å². The number of rotatable bonds is 4. The van der Waals surface area contributed by atoms with Gasteiger partial charge in [0.2, 0.25) is 17.6 Å². The number of H-pyrrole nitrogens is 1. The Morgan fingerprint density at radius 2 is 1.79 bits per heavy atom. The number of halogens is 2. The number of hydrogen-bond acceptors (Lipinski definition) is 6. The number of carboxylic acid groups (broad SMARTS) is 1. The highest BCUT2D eigenvalue weighted by Gasteiger charge is 2.26. The third-order valence-corrected chi connectivity index (χ3v) is 5.79. The molecule has 3 aromatic rings. The van der Waals surface area contributed by atoms with Crippen molar-refractivity contribution >= 4 is 47.7 Å². The molecule has 0 bridgehead atoms. The highest BCUT2D eigenvalue weighted by Crippen LogP contribution is 2.33. The predicted molar refractivity (Wildman–Crippen MR) is 133 cm³/mol. The number of pyridine rings is 1. The number of amides is 1. The summed E-state index contributed by atoms with van der Waals surface area (Å²) in [6.45, 7) is 5.11. The average Bonchev–Trinajstić information content (AvgIpc) is 3.22. The van der Waals surface area contributed by atoms with Gasteiger partial charge in [-0.1, -0.05) is 18.2 Å². The van der Waals surface area contributed by atoms with Gasteiger partial charge >= 0.3 is 5.97 Å². The zero-order valence-corrected chi connectivity index (χ0v) is 20.4. The second-order valence-corrected chi connectivity index (χ2v) is 7.98. The quantitative estimate of drug-likeness (QED) is 0.493. The molecule has 2 aliphatic heterocycles. The molecule has 0 spiro atoms. The van der Waals surface area contributed by atoms with E-state index in [0.29, 0.717) is 11.4 Å². The fourth-order valence-corrected chi connectivity index (χ4v) is 3.88. The summed E-state index contributed by atoms with van der Waals surface area (Å²) >= 11 is 0. The first-order valence-corrected chi connectivity index (χ1v) is 10.8. The molecule has 0 unspecified atom stereocenters. The van der Waals surface area contributed by atoms with Crippen LogP contribution in [0.15, 0.2) is 42.6 Å². The lowest BCUT2D eigenvalue weighted by Gasteiger charge is -2.33. The number of ether oxygens (including phenoxy) is 1. The van der Waals surface area contributed by atoms with Gasteiger partial charge in [0.1, 0.15) is 6.10 Å². The van der Waals surface area contributed by atoms with E-state index in [0.717, 1.165) is 50.4 Å². The number of benzene rings is 1. The van der Waals surface area contributed by atoms with E-state index in [1.807, 2.05) is 23.1 Å².